The minimum atomic E-state index is -0.575. The van der Waals surface area contributed by atoms with Crippen LogP contribution in [0.25, 0.3) is 5.69 Å². The Hall–Kier alpha value is -3.55. The Morgan fingerprint density at radius 1 is 1.14 bits per heavy atom. The molecule has 1 amide bonds. The van der Waals surface area contributed by atoms with Crippen LogP contribution in [0.5, 0.6) is 0 Å². The van der Waals surface area contributed by atoms with Gasteiger partial charge in [0.2, 0.25) is 0 Å². The molecule has 0 aliphatic heterocycles. The molecule has 3 rings (SSSR count). The summed E-state index contributed by atoms with van der Waals surface area (Å²) < 4.78 is 6.59. The fraction of sp³-hybridized carbons (Fsp3) is 0.250. The van der Waals surface area contributed by atoms with Gasteiger partial charge in [0, 0.05) is 5.69 Å². The Labute approximate surface area is 162 Å². The third-order valence-electron chi connectivity index (χ3n) is 4.43. The van der Waals surface area contributed by atoms with Crippen molar-refractivity contribution in [3.05, 3.63) is 66.0 Å². The van der Waals surface area contributed by atoms with Gasteiger partial charge >= 0.3 is 5.97 Å². The maximum atomic E-state index is 12.2. The minimum absolute atomic E-state index is 0.317. The lowest BCUT2D eigenvalue weighted by atomic mass is 9.97. The van der Waals surface area contributed by atoms with Gasteiger partial charge in [-0.05, 0) is 58.7 Å². The Kier molecular flexibility index (Phi) is 6.11. The molecule has 0 radical (unpaired) electrons. The van der Waals surface area contributed by atoms with E-state index in [9.17, 15) is 9.59 Å². The molecule has 0 aliphatic rings. The Morgan fingerprint density at radius 3 is 2.57 bits per heavy atom. The predicted octanol–water partition coefficient (Wildman–Crippen LogP) is 2.97. The zero-order chi connectivity index (χ0) is 19.9. The molecule has 0 saturated heterocycles. The number of ether oxygens (including phenoxy) is 1. The first-order valence-electron chi connectivity index (χ1n) is 8.97. The van der Waals surface area contributed by atoms with E-state index in [1.807, 2.05) is 24.3 Å². The molecule has 1 heterocycles. The van der Waals surface area contributed by atoms with Crippen LogP contribution in [0.4, 0.5) is 5.69 Å². The Balaban J connectivity index is 1.57. The number of nitrogens with one attached hydrogen (secondary N) is 1. The van der Waals surface area contributed by atoms with Crippen LogP contribution < -0.4 is 5.32 Å². The van der Waals surface area contributed by atoms with Crippen molar-refractivity contribution < 1.29 is 14.3 Å². The second-order valence-corrected chi connectivity index (χ2v) is 6.32. The monoisotopic (exact) mass is 379 g/mol. The van der Waals surface area contributed by atoms with Gasteiger partial charge in [-0.3, -0.25) is 4.79 Å². The average molecular weight is 379 g/mol. The molecule has 8 heteroatoms. The lowest BCUT2D eigenvalue weighted by Gasteiger charge is -2.15. The molecule has 0 unspecified atom stereocenters. The van der Waals surface area contributed by atoms with Crippen LogP contribution in [0.15, 0.2) is 54.9 Å². The highest BCUT2D eigenvalue weighted by atomic mass is 16.5. The molecule has 1 N–H and O–H groups in total. The van der Waals surface area contributed by atoms with E-state index in [4.69, 9.17) is 4.74 Å². The summed E-state index contributed by atoms with van der Waals surface area (Å²) in [5.41, 5.74) is 2.84. The summed E-state index contributed by atoms with van der Waals surface area (Å²) in [5, 5.41) is 13.7. The standard InChI is InChI=1S/C20H21N5O3/c1-3-14(2)17-6-4-5-7-18(17)22-19(26)12-28-20(27)15-8-10-16(11-9-15)25-13-21-23-24-25/h4-11,13-14H,3,12H2,1-2H3,(H,22,26)/t14-/m0/s1. The van der Waals surface area contributed by atoms with Gasteiger partial charge in [-0.1, -0.05) is 32.0 Å². The van der Waals surface area contributed by atoms with Crippen molar-refractivity contribution in [2.45, 2.75) is 26.2 Å². The normalized spacial score (nSPS) is 11.6. The fourth-order valence-corrected chi connectivity index (χ4v) is 2.69. The van der Waals surface area contributed by atoms with Crippen LogP contribution in [-0.2, 0) is 9.53 Å². The Bertz CT molecular complexity index is 939. The van der Waals surface area contributed by atoms with E-state index in [2.05, 4.69) is 34.7 Å². The van der Waals surface area contributed by atoms with E-state index in [1.54, 1.807) is 24.3 Å². The van der Waals surface area contributed by atoms with Crippen LogP contribution in [0, 0.1) is 0 Å². The van der Waals surface area contributed by atoms with Crippen molar-refractivity contribution in [3.63, 3.8) is 0 Å². The summed E-state index contributed by atoms with van der Waals surface area (Å²) in [4.78, 5) is 24.4. The third-order valence-corrected chi connectivity index (χ3v) is 4.43. The summed E-state index contributed by atoms with van der Waals surface area (Å²) in [7, 11) is 0. The number of rotatable bonds is 7. The van der Waals surface area contributed by atoms with Crippen molar-refractivity contribution >= 4 is 17.6 Å². The molecule has 0 bridgehead atoms. The van der Waals surface area contributed by atoms with Crippen molar-refractivity contribution in [1.29, 1.82) is 0 Å². The maximum absolute atomic E-state index is 12.2. The maximum Gasteiger partial charge on any atom is 0.338 e. The lowest BCUT2D eigenvalue weighted by molar-refractivity contribution is -0.119. The van der Waals surface area contributed by atoms with Gasteiger partial charge in [-0.2, -0.15) is 0 Å². The molecule has 0 aliphatic carbocycles. The number of anilines is 1. The number of esters is 1. The molecule has 28 heavy (non-hydrogen) atoms. The Morgan fingerprint density at radius 2 is 1.89 bits per heavy atom. The summed E-state index contributed by atoms with van der Waals surface area (Å²) in [6.07, 6.45) is 2.41. The van der Waals surface area contributed by atoms with Crippen LogP contribution in [0.1, 0.15) is 42.1 Å². The molecule has 3 aromatic rings. The van der Waals surface area contributed by atoms with Gasteiger partial charge in [0.1, 0.15) is 6.33 Å². The highest BCUT2D eigenvalue weighted by Crippen LogP contribution is 2.26. The van der Waals surface area contributed by atoms with Gasteiger partial charge < -0.3 is 10.1 Å². The molecule has 1 aromatic heterocycles. The smallest absolute Gasteiger partial charge is 0.338 e. The average Bonchev–Trinajstić information content (AvgIpc) is 3.27. The molecule has 0 saturated carbocycles. The van der Waals surface area contributed by atoms with E-state index < -0.39 is 5.97 Å². The quantitative estimate of drug-likeness (QED) is 0.634. The first-order valence-corrected chi connectivity index (χ1v) is 8.97. The molecule has 144 valence electrons. The zero-order valence-electron chi connectivity index (χ0n) is 15.7. The van der Waals surface area contributed by atoms with E-state index in [-0.39, 0.29) is 12.5 Å². The van der Waals surface area contributed by atoms with E-state index >= 15 is 0 Å². The largest absolute Gasteiger partial charge is 0.452 e. The van der Waals surface area contributed by atoms with Crippen molar-refractivity contribution in [3.8, 4) is 5.69 Å². The minimum Gasteiger partial charge on any atom is -0.452 e. The molecule has 2 aromatic carbocycles. The number of tetrazole rings is 1. The number of amides is 1. The van der Waals surface area contributed by atoms with Crippen molar-refractivity contribution in [2.75, 3.05) is 11.9 Å². The summed E-state index contributed by atoms with van der Waals surface area (Å²) >= 11 is 0. The van der Waals surface area contributed by atoms with Crippen LogP contribution in [-0.4, -0.2) is 38.7 Å². The van der Waals surface area contributed by atoms with Crippen LogP contribution in [0.3, 0.4) is 0 Å². The predicted molar refractivity (Wildman–Crippen MR) is 103 cm³/mol. The van der Waals surface area contributed by atoms with E-state index in [0.29, 0.717) is 17.2 Å². The highest BCUT2D eigenvalue weighted by Gasteiger charge is 2.14. The van der Waals surface area contributed by atoms with Crippen LogP contribution in [0.2, 0.25) is 0 Å². The zero-order valence-corrected chi connectivity index (χ0v) is 15.7. The van der Waals surface area contributed by atoms with Gasteiger partial charge in [0.05, 0.1) is 11.3 Å². The van der Waals surface area contributed by atoms with Crippen LogP contribution >= 0.6 is 0 Å². The number of aromatic nitrogens is 4. The highest BCUT2D eigenvalue weighted by molar-refractivity contribution is 5.96. The number of hydrogen-bond acceptors (Lipinski definition) is 6. The number of para-hydroxylation sites is 1. The molecular formula is C20H21N5O3. The molecule has 8 nitrogen and oxygen atoms in total. The first kappa shape index (κ1) is 19.2. The number of benzene rings is 2. The SMILES string of the molecule is CC[C@H](C)c1ccccc1NC(=O)COC(=O)c1ccc(-n2cnnn2)cc1. The van der Waals surface area contributed by atoms with Gasteiger partial charge in [0.15, 0.2) is 6.61 Å². The van der Waals surface area contributed by atoms with Crippen molar-refractivity contribution in [1.82, 2.24) is 20.2 Å². The van der Waals surface area contributed by atoms with Gasteiger partial charge in [-0.15, -0.1) is 5.10 Å². The molecular weight excluding hydrogens is 358 g/mol. The molecule has 0 spiro atoms. The van der Waals surface area contributed by atoms with Crippen molar-refractivity contribution in [2.24, 2.45) is 0 Å². The second kappa shape index (κ2) is 8.90. The topological polar surface area (TPSA) is 99.0 Å². The van der Waals surface area contributed by atoms with E-state index in [0.717, 1.165) is 17.7 Å². The van der Waals surface area contributed by atoms with E-state index in [1.165, 1.54) is 11.0 Å². The summed E-state index contributed by atoms with van der Waals surface area (Å²) in [6, 6.07) is 14.2. The number of carbonyl (C=O) groups is 2. The van der Waals surface area contributed by atoms with Gasteiger partial charge in [-0.25, -0.2) is 9.48 Å². The molecule has 1 atom stereocenters. The second-order valence-electron chi connectivity index (χ2n) is 6.32. The third kappa shape index (κ3) is 4.59. The number of hydrogen-bond donors (Lipinski definition) is 1. The summed E-state index contributed by atoms with van der Waals surface area (Å²) in [5.74, 6) is -0.638. The summed E-state index contributed by atoms with van der Waals surface area (Å²) in [6.45, 7) is 3.84. The van der Waals surface area contributed by atoms with Gasteiger partial charge in [0.25, 0.3) is 5.91 Å². The fourth-order valence-electron chi connectivity index (χ4n) is 2.69. The first-order chi connectivity index (χ1) is 13.6. The number of nitrogens with zero attached hydrogens (tertiary/aromatic N) is 4. The number of carbonyl (C=O) groups excluding carboxylic acids is 2. The molecule has 0 fully saturated rings. The lowest BCUT2D eigenvalue weighted by Crippen LogP contribution is -2.21.